The van der Waals surface area contributed by atoms with Gasteiger partial charge >= 0.3 is 0 Å². The van der Waals surface area contributed by atoms with Crippen molar-refractivity contribution in [2.24, 2.45) is 0 Å². The average molecular weight is 583 g/mol. The Kier molecular flexibility index (Phi) is 11.9. The molecule has 6 nitrogen and oxygen atoms in total. The van der Waals surface area contributed by atoms with Gasteiger partial charge in [-0.3, -0.25) is 0 Å². The van der Waals surface area contributed by atoms with E-state index in [-0.39, 0.29) is 0 Å². The standard InChI is InChI=1S/C37H42O6/c1-7-27-12-14-29(15-13-27)21-43-37-34(24-40-5)18-31(19-35(37)25-41-6)30-16-32(22-38-3)36(33(17-30)23-39-4)42-20-28-10-8-26(2)9-11-28/h7-19H,1,20-25H2,2-6H3. The van der Waals surface area contributed by atoms with Gasteiger partial charge in [0.1, 0.15) is 24.7 Å². The van der Waals surface area contributed by atoms with Crippen LogP contribution in [0.2, 0.25) is 0 Å². The summed E-state index contributed by atoms with van der Waals surface area (Å²) in [5.41, 5.74) is 10.3. The molecule has 0 amide bonds. The molecule has 0 heterocycles. The number of benzene rings is 4. The lowest BCUT2D eigenvalue weighted by Crippen LogP contribution is -2.06. The second-order valence-corrected chi connectivity index (χ2v) is 10.5. The van der Waals surface area contributed by atoms with E-state index in [0.717, 1.165) is 61.6 Å². The maximum atomic E-state index is 6.40. The Morgan fingerprint density at radius 2 is 0.860 bits per heavy atom. The Morgan fingerprint density at radius 3 is 1.19 bits per heavy atom. The molecule has 0 aliphatic carbocycles. The van der Waals surface area contributed by atoms with Crippen LogP contribution in [0, 0.1) is 6.92 Å². The molecule has 0 aliphatic rings. The van der Waals surface area contributed by atoms with Crippen molar-refractivity contribution >= 4 is 6.08 Å². The summed E-state index contributed by atoms with van der Waals surface area (Å²) in [6.07, 6.45) is 1.83. The van der Waals surface area contributed by atoms with Crippen molar-refractivity contribution < 1.29 is 28.4 Å². The molecule has 0 atom stereocenters. The lowest BCUT2D eigenvalue weighted by Gasteiger charge is -2.20. The third kappa shape index (κ3) is 8.55. The van der Waals surface area contributed by atoms with Crippen LogP contribution in [0.3, 0.4) is 0 Å². The van der Waals surface area contributed by atoms with E-state index in [2.05, 4.69) is 74.2 Å². The first-order valence-electron chi connectivity index (χ1n) is 14.3. The van der Waals surface area contributed by atoms with Gasteiger partial charge in [0.2, 0.25) is 0 Å². The first-order chi connectivity index (χ1) is 21.0. The molecule has 4 rings (SSSR count). The van der Waals surface area contributed by atoms with E-state index in [4.69, 9.17) is 28.4 Å². The summed E-state index contributed by atoms with van der Waals surface area (Å²) in [6.45, 7) is 8.36. The minimum Gasteiger partial charge on any atom is -0.488 e. The number of hydrogen-bond donors (Lipinski definition) is 0. The topological polar surface area (TPSA) is 55.4 Å². The van der Waals surface area contributed by atoms with Crippen molar-refractivity contribution in [2.75, 3.05) is 28.4 Å². The van der Waals surface area contributed by atoms with E-state index in [9.17, 15) is 0 Å². The monoisotopic (exact) mass is 582 g/mol. The molecule has 0 N–H and O–H groups in total. The van der Waals surface area contributed by atoms with Crippen LogP contribution in [0.1, 0.15) is 44.5 Å². The van der Waals surface area contributed by atoms with Crippen LogP contribution in [0.15, 0.2) is 79.4 Å². The van der Waals surface area contributed by atoms with Gasteiger partial charge in [-0.1, -0.05) is 66.7 Å². The maximum Gasteiger partial charge on any atom is 0.130 e. The highest BCUT2D eigenvalue weighted by Crippen LogP contribution is 2.37. The van der Waals surface area contributed by atoms with Crippen molar-refractivity contribution in [3.63, 3.8) is 0 Å². The summed E-state index contributed by atoms with van der Waals surface area (Å²) in [5.74, 6) is 1.55. The van der Waals surface area contributed by atoms with Gasteiger partial charge < -0.3 is 28.4 Å². The highest BCUT2D eigenvalue weighted by atomic mass is 16.5. The van der Waals surface area contributed by atoms with Gasteiger partial charge in [-0.25, -0.2) is 0 Å². The number of aryl methyl sites for hydroxylation is 1. The van der Waals surface area contributed by atoms with Gasteiger partial charge in [0.25, 0.3) is 0 Å². The molecule has 0 spiro atoms. The quantitative estimate of drug-likeness (QED) is 0.133. The van der Waals surface area contributed by atoms with Gasteiger partial charge in [-0.2, -0.15) is 0 Å². The molecular weight excluding hydrogens is 540 g/mol. The molecule has 43 heavy (non-hydrogen) atoms. The lowest BCUT2D eigenvalue weighted by molar-refractivity contribution is 0.169. The first-order valence-corrected chi connectivity index (χ1v) is 14.3. The Labute approximate surface area is 255 Å². The molecule has 0 unspecified atom stereocenters. The Bertz CT molecular complexity index is 1420. The zero-order chi connectivity index (χ0) is 30.6. The van der Waals surface area contributed by atoms with E-state index in [0.29, 0.717) is 39.6 Å². The zero-order valence-corrected chi connectivity index (χ0v) is 25.9. The Balaban J connectivity index is 1.72. The summed E-state index contributed by atoms with van der Waals surface area (Å²) < 4.78 is 35.2. The van der Waals surface area contributed by atoms with Crippen molar-refractivity contribution in [3.05, 3.63) is 124 Å². The van der Waals surface area contributed by atoms with Crippen molar-refractivity contribution in [3.8, 4) is 22.6 Å². The Morgan fingerprint density at radius 1 is 0.512 bits per heavy atom. The number of methoxy groups -OCH3 is 4. The van der Waals surface area contributed by atoms with Crippen LogP contribution in [0.5, 0.6) is 11.5 Å². The summed E-state index contributed by atoms with van der Waals surface area (Å²) in [6, 6.07) is 25.0. The smallest absolute Gasteiger partial charge is 0.130 e. The van der Waals surface area contributed by atoms with Crippen LogP contribution in [-0.4, -0.2) is 28.4 Å². The number of rotatable bonds is 16. The molecule has 0 fully saturated rings. The third-order valence-corrected chi connectivity index (χ3v) is 7.12. The molecular formula is C37H42O6. The van der Waals surface area contributed by atoms with Gasteiger partial charge in [0, 0.05) is 50.7 Å². The molecule has 226 valence electrons. The third-order valence-electron chi connectivity index (χ3n) is 7.12. The maximum absolute atomic E-state index is 6.40. The van der Waals surface area contributed by atoms with E-state index in [1.54, 1.807) is 28.4 Å². The highest BCUT2D eigenvalue weighted by Gasteiger charge is 2.18. The normalized spacial score (nSPS) is 11.0. The van der Waals surface area contributed by atoms with Crippen molar-refractivity contribution in [1.82, 2.24) is 0 Å². The van der Waals surface area contributed by atoms with Gasteiger partial charge in [-0.15, -0.1) is 0 Å². The molecule has 0 saturated carbocycles. The molecule has 6 heteroatoms. The fraction of sp³-hybridized carbons (Fsp3) is 0.297. The van der Waals surface area contributed by atoms with E-state index in [1.807, 2.05) is 18.2 Å². The SMILES string of the molecule is C=Cc1ccc(COc2c(COC)cc(-c3cc(COC)c(OCc4ccc(C)cc4)c(COC)c3)cc2COC)cc1. The molecule has 0 bridgehead atoms. The van der Waals surface area contributed by atoms with E-state index in [1.165, 1.54) is 5.56 Å². The summed E-state index contributed by atoms with van der Waals surface area (Å²) in [5, 5.41) is 0. The van der Waals surface area contributed by atoms with Crippen molar-refractivity contribution in [2.45, 2.75) is 46.6 Å². The molecule has 0 aromatic heterocycles. The van der Waals surface area contributed by atoms with Gasteiger partial charge in [0.15, 0.2) is 0 Å². The highest BCUT2D eigenvalue weighted by molar-refractivity contribution is 5.71. The minimum atomic E-state index is 0.392. The summed E-state index contributed by atoms with van der Waals surface area (Å²) in [4.78, 5) is 0. The number of hydrogen-bond acceptors (Lipinski definition) is 6. The van der Waals surface area contributed by atoms with Crippen LogP contribution in [-0.2, 0) is 58.6 Å². The fourth-order valence-corrected chi connectivity index (χ4v) is 5.01. The molecule has 4 aromatic carbocycles. The molecule has 0 aliphatic heterocycles. The van der Waals surface area contributed by atoms with E-state index >= 15 is 0 Å². The zero-order valence-electron chi connectivity index (χ0n) is 25.9. The predicted molar refractivity (Wildman–Crippen MR) is 171 cm³/mol. The second-order valence-electron chi connectivity index (χ2n) is 10.5. The van der Waals surface area contributed by atoms with Gasteiger partial charge in [0.05, 0.1) is 26.4 Å². The molecule has 4 aromatic rings. The summed E-state index contributed by atoms with van der Waals surface area (Å²) >= 11 is 0. The molecule has 0 radical (unpaired) electrons. The van der Waals surface area contributed by atoms with Gasteiger partial charge in [-0.05, 0) is 59.0 Å². The predicted octanol–water partition coefficient (Wildman–Crippen LogP) is 8.05. The number of ether oxygens (including phenoxy) is 6. The first kappa shape index (κ1) is 32.0. The van der Waals surface area contributed by atoms with Crippen LogP contribution in [0.4, 0.5) is 0 Å². The van der Waals surface area contributed by atoms with Crippen LogP contribution >= 0.6 is 0 Å². The summed E-state index contributed by atoms with van der Waals surface area (Å²) in [7, 11) is 6.76. The van der Waals surface area contributed by atoms with Crippen LogP contribution in [0.25, 0.3) is 17.2 Å². The minimum absolute atomic E-state index is 0.392. The van der Waals surface area contributed by atoms with Crippen LogP contribution < -0.4 is 9.47 Å². The van der Waals surface area contributed by atoms with Crippen molar-refractivity contribution in [1.29, 1.82) is 0 Å². The average Bonchev–Trinajstić information content (AvgIpc) is 3.01. The fourth-order valence-electron chi connectivity index (χ4n) is 5.01. The lowest BCUT2D eigenvalue weighted by atomic mass is 9.95. The van der Waals surface area contributed by atoms with E-state index < -0.39 is 0 Å². The molecule has 0 saturated heterocycles. The largest absolute Gasteiger partial charge is 0.488 e. The second kappa shape index (κ2) is 16.1. The Hall–Kier alpha value is -3.94.